The van der Waals surface area contributed by atoms with Crippen molar-refractivity contribution >= 4 is 43.3 Å². The van der Waals surface area contributed by atoms with Gasteiger partial charge in [-0.25, -0.2) is 0 Å². The maximum atomic E-state index is 7.32. The standard InChI is InChI=1S/C6H4Br2N2/c7-3-1-2-4(8)6(10)5(3)9/h1-2,9-10H. The van der Waals surface area contributed by atoms with E-state index < -0.39 is 0 Å². The summed E-state index contributed by atoms with van der Waals surface area (Å²) in [6, 6.07) is 0. The number of allylic oxidation sites excluding steroid dienone is 4. The quantitative estimate of drug-likeness (QED) is 0.632. The van der Waals surface area contributed by atoms with Gasteiger partial charge in [0.1, 0.15) is 0 Å². The van der Waals surface area contributed by atoms with Crippen molar-refractivity contribution in [3.63, 3.8) is 0 Å². The molecule has 0 radical (unpaired) electrons. The Bertz CT molecular complexity index is 227. The molecule has 0 heterocycles. The molecule has 0 unspecified atom stereocenters. The molecular weight excluding hydrogens is 260 g/mol. The van der Waals surface area contributed by atoms with Crippen LogP contribution in [0, 0.1) is 10.8 Å². The third-order valence-corrected chi connectivity index (χ3v) is 2.43. The lowest BCUT2D eigenvalue weighted by Crippen LogP contribution is -2.14. The summed E-state index contributed by atoms with van der Waals surface area (Å²) in [5.41, 5.74) is 0.434. The first-order valence-electron chi connectivity index (χ1n) is 2.54. The van der Waals surface area contributed by atoms with Gasteiger partial charge >= 0.3 is 0 Å². The van der Waals surface area contributed by atoms with Crippen molar-refractivity contribution in [2.24, 2.45) is 0 Å². The summed E-state index contributed by atoms with van der Waals surface area (Å²) < 4.78 is 1.31. The first-order chi connectivity index (χ1) is 4.63. The Balaban J connectivity index is 3.09. The van der Waals surface area contributed by atoms with Crippen molar-refractivity contribution in [2.45, 2.75) is 0 Å². The molecule has 0 saturated carbocycles. The van der Waals surface area contributed by atoms with Crippen LogP contribution in [-0.4, -0.2) is 11.4 Å². The molecule has 0 atom stereocenters. The summed E-state index contributed by atoms with van der Waals surface area (Å²) in [7, 11) is 0. The Morgan fingerprint density at radius 1 is 0.900 bits per heavy atom. The van der Waals surface area contributed by atoms with Gasteiger partial charge in [0.25, 0.3) is 0 Å². The van der Waals surface area contributed by atoms with Crippen molar-refractivity contribution in [1.29, 1.82) is 10.8 Å². The van der Waals surface area contributed by atoms with Crippen LogP contribution in [0.4, 0.5) is 0 Å². The van der Waals surface area contributed by atoms with E-state index in [-0.39, 0.29) is 11.4 Å². The Kier molecular flexibility index (Phi) is 2.21. The zero-order valence-corrected chi connectivity index (χ0v) is 8.08. The SMILES string of the molecule is N=C1C(=N)C(Br)=CC=C1Br. The Morgan fingerprint density at radius 3 is 1.50 bits per heavy atom. The zero-order chi connectivity index (χ0) is 7.72. The molecule has 0 saturated heterocycles. The fourth-order valence-corrected chi connectivity index (χ4v) is 1.21. The molecule has 0 aromatic heterocycles. The van der Waals surface area contributed by atoms with Crippen LogP contribution >= 0.6 is 31.9 Å². The van der Waals surface area contributed by atoms with E-state index in [1.54, 1.807) is 12.2 Å². The van der Waals surface area contributed by atoms with Crippen LogP contribution in [0.1, 0.15) is 0 Å². The van der Waals surface area contributed by atoms with Gasteiger partial charge in [0, 0.05) is 8.96 Å². The van der Waals surface area contributed by atoms with Crippen LogP contribution in [-0.2, 0) is 0 Å². The van der Waals surface area contributed by atoms with E-state index in [2.05, 4.69) is 31.9 Å². The van der Waals surface area contributed by atoms with Crippen molar-refractivity contribution in [2.75, 3.05) is 0 Å². The lowest BCUT2D eigenvalue weighted by molar-refractivity contribution is 1.48. The Labute approximate surface area is 75.3 Å². The summed E-state index contributed by atoms with van der Waals surface area (Å²) >= 11 is 6.30. The molecule has 1 rings (SSSR count). The molecule has 0 aromatic rings. The Hall–Kier alpha value is -0.220. The molecule has 0 amide bonds. The van der Waals surface area contributed by atoms with Crippen LogP contribution in [0.5, 0.6) is 0 Å². The molecule has 2 nitrogen and oxygen atoms in total. The van der Waals surface area contributed by atoms with Gasteiger partial charge in [0.15, 0.2) is 0 Å². The van der Waals surface area contributed by atoms with Gasteiger partial charge in [-0.2, -0.15) is 0 Å². The average molecular weight is 264 g/mol. The molecule has 1 aliphatic carbocycles. The van der Waals surface area contributed by atoms with Gasteiger partial charge in [-0.15, -0.1) is 0 Å². The van der Waals surface area contributed by atoms with Gasteiger partial charge in [-0.3, -0.25) is 10.8 Å². The Morgan fingerprint density at radius 2 is 1.20 bits per heavy atom. The minimum absolute atomic E-state index is 0.217. The minimum Gasteiger partial charge on any atom is -0.297 e. The average Bonchev–Trinajstić information content (AvgIpc) is 1.93. The van der Waals surface area contributed by atoms with Crippen LogP contribution in [0.2, 0.25) is 0 Å². The number of nitrogens with one attached hydrogen (secondary N) is 2. The molecule has 52 valence electrons. The second-order valence-corrected chi connectivity index (χ2v) is 3.49. The van der Waals surface area contributed by atoms with Gasteiger partial charge in [0.05, 0.1) is 11.4 Å². The van der Waals surface area contributed by atoms with Gasteiger partial charge in [0.2, 0.25) is 0 Å². The third kappa shape index (κ3) is 1.27. The minimum atomic E-state index is 0.217. The van der Waals surface area contributed by atoms with Gasteiger partial charge < -0.3 is 0 Å². The molecule has 10 heavy (non-hydrogen) atoms. The molecule has 0 aliphatic heterocycles. The molecule has 2 N–H and O–H groups in total. The van der Waals surface area contributed by atoms with E-state index in [0.717, 1.165) is 0 Å². The fraction of sp³-hybridized carbons (Fsp3) is 0. The van der Waals surface area contributed by atoms with E-state index in [1.165, 1.54) is 0 Å². The van der Waals surface area contributed by atoms with Crippen molar-refractivity contribution < 1.29 is 0 Å². The maximum absolute atomic E-state index is 7.32. The number of hydrogen-bond acceptors (Lipinski definition) is 2. The van der Waals surface area contributed by atoms with Crippen LogP contribution < -0.4 is 0 Å². The van der Waals surface area contributed by atoms with Crippen molar-refractivity contribution in [1.82, 2.24) is 0 Å². The first-order valence-corrected chi connectivity index (χ1v) is 4.12. The summed E-state index contributed by atoms with van der Waals surface area (Å²) in [6.45, 7) is 0. The van der Waals surface area contributed by atoms with Crippen molar-refractivity contribution in [3.05, 3.63) is 21.1 Å². The summed E-state index contributed by atoms with van der Waals surface area (Å²) in [4.78, 5) is 0. The van der Waals surface area contributed by atoms with Crippen molar-refractivity contribution in [3.8, 4) is 0 Å². The molecule has 0 fully saturated rings. The van der Waals surface area contributed by atoms with Crippen LogP contribution in [0.3, 0.4) is 0 Å². The molecular formula is C6H4Br2N2. The number of hydrogen-bond donors (Lipinski definition) is 2. The molecule has 0 spiro atoms. The van der Waals surface area contributed by atoms with Crippen LogP contribution in [0.15, 0.2) is 21.1 Å². The highest BCUT2D eigenvalue weighted by Crippen LogP contribution is 2.20. The number of rotatable bonds is 0. The predicted octanol–water partition coefficient (Wildman–Crippen LogP) is 2.60. The first kappa shape index (κ1) is 7.88. The highest BCUT2D eigenvalue weighted by atomic mass is 79.9. The third-order valence-electron chi connectivity index (χ3n) is 1.10. The van der Waals surface area contributed by atoms with Gasteiger partial charge in [-0.05, 0) is 44.0 Å². The largest absolute Gasteiger partial charge is 0.297 e. The van der Waals surface area contributed by atoms with E-state index in [4.69, 9.17) is 10.8 Å². The summed E-state index contributed by atoms with van der Waals surface area (Å²) in [6.07, 6.45) is 3.48. The second-order valence-electron chi connectivity index (χ2n) is 1.78. The van der Waals surface area contributed by atoms with Crippen LogP contribution in [0.25, 0.3) is 0 Å². The predicted molar refractivity (Wildman–Crippen MR) is 49.5 cm³/mol. The van der Waals surface area contributed by atoms with Gasteiger partial charge in [-0.1, -0.05) is 0 Å². The van der Waals surface area contributed by atoms with E-state index in [1.807, 2.05) is 0 Å². The zero-order valence-electron chi connectivity index (χ0n) is 4.91. The highest BCUT2D eigenvalue weighted by molar-refractivity contribution is 9.12. The monoisotopic (exact) mass is 262 g/mol. The fourth-order valence-electron chi connectivity index (χ4n) is 0.552. The molecule has 0 aromatic carbocycles. The lowest BCUT2D eigenvalue weighted by atomic mass is 10.1. The molecule has 0 bridgehead atoms. The van der Waals surface area contributed by atoms with E-state index >= 15 is 0 Å². The van der Waals surface area contributed by atoms with E-state index in [9.17, 15) is 0 Å². The topological polar surface area (TPSA) is 47.7 Å². The lowest BCUT2D eigenvalue weighted by Gasteiger charge is -2.07. The molecule has 4 heteroatoms. The summed E-state index contributed by atoms with van der Waals surface area (Å²) in [5, 5.41) is 14.6. The second kappa shape index (κ2) is 2.80. The highest BCUT2D eigenvalue weighted by Gasteiger charge is 2.14. The number of halogens is 2. The molecule has 1 aliphatic rings. The normalized spacial score (nSPS) is 18.6. The van der Waals surface area contributed by atoms with E-state index in [0.29, 0.717) is 8.96 Å². The summed E-state index contributed by atoms with van der Waals surface area (Å²) in [5.74, 6) is 0. The smallest absolute Gasteiger partial charge is 0.0942 e. The maximum Gasteiger partial charge on any atom is 0.0942 e.